The summed E-state index contributed by atoms with van der Waals surface area (Å²) in [5, 5.41) is 39.0. The summed E-state index contributed by atoms with van der Waals surface area (Å²) in [4.78, 5) is 39.0. The van der Waals surface area contributed by atoms with Gasteiger partial charge in [0.1, 0.15) is 5.76 Å². The molecule has 1 fully saturated rings. The van der Waals surface area contributed by atoms with Crippen molar-refractivity contribution in [1.29, 1.82) is 0 Å². The summed E-state index contributed by atoms with van der Waals surface area (Å²) in [5.41, 5.74) is 9.71. The van der Waals surface area contributed by atoms with Crippen molar-refractivity contribution in [3.8, 4) is 0 Å². The number of nitrogens with zero attached hydrogens (tertiary/aromatic N) is 3. The number of aliphatic imine (C=N–C) groups is 3. The Morgan fingerprint density at radius 2 is 1.70 bits per heavy atom. The van der Waals surface area contributed by atoms with E-state index in [1.165, 1.54) is 0 Å². The number of carboxylic acids is 2. The van der Waals surface area contributed by atoms with Crippen LogP contribution in [0.15, 0.2) is 119 Å². The molecule has 0 spiro atoms. The average molecular weight is 587 g/mol. The van der Waals surface area contributed by atoms with Gasteiger partial charge in [0.25, 0.3) is 0 Å². The molecule has 0 aromatic carbocycles. The first-order valence-electron chi connectivity index (χ1n) is 14.0. The Bertz CT molecular complexity index is 1790. The summed E-state index contributed by atoms with van der Waals surface area (Å²) in [7, 11) is 0. The van der Waals surface area contributed by atoms with Gasteiger partial charge in [-0.3, -0.25) is 0 Å². The van der Waals surface area contributed by atoms with E-state index < -0.39 is 23.8 Å². The first-order chi connectivity index (χ1) is 20.0. The third-order valence-electron chi connectivity index (χ3n) is 9.05. The van der Waals surface area contributed by atoms with Gasteiger partial charge in [0.15, 0.2) is 0 Å². The molecule has 3 unspecified atom stereocenters. The molecule has 2 N–H and O–H groups in total. The van der Waals surface area contributed by atoms with Crippen molar-refractivity contribution >= 4 is 52.1 Å². The summed E-state index contributed by atoms with van der Waals surface area (Å²) >= 11 is 0. The molecule has 5 heterocycles. The molecule has 0 radical (unpaired) electrons. The fraction of sp³-hybridized carbons (Fsp3) is 0.303. The van der Waals surface area contributed by atoms with Gasteiger partial charge in [0.05, 0.1) is 46.1 Å². The summed E-state index contributed by atoms with van der Waals surface area (Å²) in [6.45, 7) is 13.7. The Hall–Kier alpha value is -4.02. The minimum atomic E-state index is -1.50. The number of carbonyl (C=O) groups is 2. The van der Waals surface area contributed by atoms with Gasteiger partial charge in [-0.05, 0) is 74.1 Å². The number of rotatable bonds is 5. The van der Waals surface area contributed by atoms with Gasteiger partial charge < -0.3 is 30.2 Å². The zero-order valence-corrected chi connectivity index (χ0v) is 26.2. The Kier molecular flexibility index (Phi) is 7.72. The fourth-order valence-electron chi connectivity index (χ4n) is 6.72. The quantitative estimate of drug-likeness (QED) is 0.473. The maximum Gasteiger partial charge on any atom is 2.00 e. The predicted octanol–water partition coefficient (Wildman–Crippen LogP) is 2.58. The number of hydrogen-bond acceptors (Lipinski definition) is 9. The largest absolute Gasteiger partial charge is 2.00 e. The molecule has 1 aliphatic carbocycles. The van der Waals surface area contributed by atoms with Crippen LogP contribution in [0.25, 0.3) is 0 Å². The standard InChI is InChI=1S/C33H32N4O5.Mg/c1-7-17-13(3)20-10-22-15(5)19(9-26(38)39)30(36-22)28-29(33(41)42)32(40)27-16(6)23(37-31(27)28)12-25-18(8-2)14(4)21(35-25)11-24(17)34-20;/h7,10-12,15,19,29,36,40H,1,8-9H2,2-6H3,(H,38,39)(H,41,42);/q;+2/p-2. The summed E-state index contributed by atoms with van der Waals surface area (Å²) in [6.07, 6.45) is 7.79. The number of aliphatic carboxylic acids is 2. The van der Waals surface area contributed by atoms with Crippen molar-refractivity contribution in [3.05, 3.63) is 104 Å². The maximum atomic E-state index is 12.5. The number of carboxylic acid groups (broad SMARTS) is 2. The second-order valence-corrected chi connectivity index (χ2v) is 11.3. The van der Waals surface area contributed by atoms with Crippen LogP contribution in [0.5, 0.6) is 0 Å². The van der Waals surface area contributed by atoms with E-state index in [0.29, 0.717) is 39.7 Å². The minimum absolute atomic E-state index is 0. The number of fused-ring (bicyclic) bond motifs is 5. The van der Waals surface area contributed by atoms with E-state index >= 15 is 0 Å². The van der Waals surface area contributed by atoms with Crippen LogP contribution in [-0.2, 0) is 9.59 Å². The molecule has 214 valence electrons. The Balaban J connectivity index is 0.00000368. The number of hydrogen-bond donors (Lipinski definition) is 2. The van der Waals surface area contributed by atoms with Crippen LogP contribution >= 0.6 is 0 Å². The summed E-state index contributed by atoms with van der Waals surface area (Å²) < 4.78 is 0. The second-order valence-electron chi connectivity index (χ2n) is 11.3. The monoisotopic (exact) mass is 586 g/mol. The molecule has 6 aliphatic rings. The molecule has 1 saturated heterocycles. The number of allylic oxidation sites excluding steroid dienone is 11. The molecule has 0 saturated carbocycles. The van der Waals surface area contributed by atoms with Crippen LogP contribution in [0.3, 0.4) is 0 Å². The molecule has 6 rings (SSSR count). The second kappa shape index (κ2) is 10.9. The molecule has 0 aromatic rings. The van der Waals surface area contributed by atoms with Gasteiger partial charge in [-0.15, -0.1) is 0 Å². The van der Waals surface area contributed by atoms with Crippen molar-refractivity contribution in [2.24, 2.45) is 32.7 Å². The zero-order valence-electron chi connectivity index (χ0n) is 24.8. The van der Waals surface area contributed by atoms with Crippen molar-refractivity contribution < 1.29 is 24.9 Å². The zero-order chi connectivity index (χ0) is 30.2. The molecule has 5 aliphatic heterocycles. The minimum Gasteiger partial charge on any atom is -0.550 e. The van der Waals surface area contributed by atoms with Gasteiger partial charge in [0, 0.05) is 45.9 Å². The van der Waals surface area contributed by atoms with Crippen LogP contribution in [0.1, 0.15) is 47.5 Å². The van der Waals surface area contributed by atoms with E-state index in [2.05, 4.69) is 18.8 Å². The van der Waals surface area contributed by atoms with Crippen molar-refractivity contribution in [1.82, 2.24) is 5.32 Å². The number of aliphatic hydroxyl groups excluding tert-OH is 1. The third-order valence-corrected chi connectivity index (χ3v) is 9.05. The van der Waals surface area contributed by atoms with Gasteiger partial charge in [-0.25, -0.2) is 15.0 Å². The SMILES string of the molecule is C=CC1=C(C)C2=NC1=CC1=NC(=CC3=C(C)C4=C(O)C(C(=O)[O-])C(=C5NC(=C2)C(C)C5CC(=O)[O-])C4=N3)C(CC)=C1C.[Mg+2]. The van der Waals surface area contributed by atoms with Crippen molar-refractivity contribution in [2.75, 3.05) is 0 Å². The smallest absolute Gasteiger partial charge is 0.550 e. The van der Waals surface area contributed by atoms with Crippen molar-refractivity contribution in [2.45, 2.75) is 47.5 Å². The normalized spacial score (nSPS) is 25.7. The average Bonchev–Trinajstić information content (AvgIpc) is 3.66. The van der Waals surface area contributed by atoms with Crippen molar-refractivity contribution in [3.63, 3.8) is 0 Å². The molecule has 8 bridgehead atoms. The number of nitrogens with one attached hydrogen (secondary N) is 1. The summed E-state index contributed by atoms with van der Waals surface area (Å²) in [6, 6.07) is 0. The van der Waals surface area contributed by atoms with E-state index in [0.717, 1.165) is 45.8 Å². The first-order valence-corrected chi connectivity index (χ1v) is 14.0. The Labute approximate surface area is 265 Å². The van der Waals surface area contributed by atoms with Crippen LogP contribution in [0, 0.1) is 17.8 Å². The Morgan fingerprint density at radius 3 is 2.33 bits per heavy atom. The molecular weight excluding hydrogens is 557 g/mol. The first kappa shape index (κ1) is 30.4. The molecule has 9 nitrogen and oxygen atoms in total. The van der Waals surface area contributed by atoms with Gasteiger partial charge >= 0.3 is 23.1 Å². The molecule has 10 heteroatoms. The van der Waals surface area contributed by atoms with Crippen LogP contribution in [0.2, 0.25) is 0 Å². The third kappa shape index (κ3) is 4.55. The molecule has 3 atom stereocenters. The van der Waals surface area contributed by atoms with E-state index in [4.69, 9.17) is 15.0 Å². The van der Waals surface area contributed by atoms with Gasteiger partial charge in [-0.1, -0.05) is 26.5 Å². The summed E-state index contributed by atoms with van der Waals surface area (Å²) in [5.74, 6) is -5.67. The number of aliphatic hydroxyl groups is 1. The van der Waals surface area contributed by atoms with Crippen LogP contribution < -0.4 is 15.5 Å². The van der Waals surface area contributed by atoms with Gasteiger partial charge in [-0.2, -0.15) is 0 Å². The van der Waals surface area contributed by atoms with E-state index in [-0.39, 0.29) is 46.7 Å². The van der Waals surface area contributed by atoms with E-state index in [1.54, 1.807) is 13.0 Å². The fourth-order valence-corrected chi connectivity index (χ4v) is 6.72. The van der Waals surface area contributed by atoms with Crippen LogP contribution in [0.4, 0.5) is 0 Å². The predicted molar refractivity (Wildman–Crippen MR) is 161 cm³/mol. The topological polar surface area (TPSA) is 150 Å². The Morgan fingerprint density at radius 1 is 1.02 bits per heavy atom. The molecular formula is C33H30MgN4O5. The van der Waals surface area contributed by atoms with Gasteiger partial charge in [0.2, 0.25) is 0 Å². The maximum absolute atomic E-state index is 12.5. The number of carbonyl (C=O) groups excluding carboxylic acids is 2. The van der Waals surface area contributed by atoms with E-state index in [9.17, 15) is 24.9 Å². The van der Waals surface area contributed by atoms with Crippen LogP contribution in [-0.4, -0.2) is 57.2 Å². The molecule has 0 amide bonds. The molecule has 0 aromatic heterocycles. The van der Waals surface area contributed by atoms with E-state index in [1.807, 2.05) is 39.0 Å². The molecule has 43 heavy (non-hydrogen) atoms.